The Hall–Kier alpha value is -2.63. The van der Waals surface area contributed by atoms with Crippen molar-refractivity contribution in [1.82, 2.24) is 0 Å². The molecule has 0 aliphatic heterocycles. The molecule has 0 saturated heterocycles. The van der Waals surface area contributed by atoms with Crippen LogP contribution in [0.15, 0.2) is 36.4 Å². The second-order valence-electron chi connectivity index (χ2n) is 6.83. The summed E-state index contributed by atoms with van der Waals surface area (Å²) < 4.78 is 39.9. The molecular formula is C21H22F2O4. The molecular weight excluding hydrogens is 354 g/mol. The smallest absolute Gasteiger partial charge is 0.303 e. The summed E-state index contributed by atoms with van der Waals surface area (Å²) in [5.41, 5.74) is 1.03. The number of hydrogen-bond donors (Lipinski definition) is 1. The molecule has 0 bridgehead atoms. The molecule has 1 N–H and O–H groups in total. The second-order valence-corrected chi connectivity index (χ2v) is 6.83. The Kier molecular flexibility index (Phi) is 5.94. The van der Waals surface area contributed by atoms with Gasteiger partial charge in [0.15, 0.2) is 17.4 Å². The summed E-state index contributed by atoms with van der Waals surface area (Å²) in [7, 11) is 0. The van der Waals surface area contributed by atoms with Crippen molar-refractivity contribution in [2.24, 2.45) is 0 Å². The first-order valence-corrected chi connectivity index (χ1v) is 9.07. The SMILES string of the molecule is CC(CCC(=O)O)Oc1c(F)cc(-c2cccc(OC3CCC3)c2)cc1F. The van der Waals surface area contributed by atoms with Crippen molar-refractivity contribution < 1.29 is 28.2 Å². The lowest BCUT2D eigenvalue weighted by atomic mass is 9.96. The van der Waals surface area contributed by atoms with Crippen LogP contribution in [0.1, 0.15) is 39.0 Å². The van der Waals surface area contributed by atoms with Crippen LogP contribution in [0.3, 0.4) is 0 Å². The summed E-state index contributed by atoms with van der Waals surface area (Å²) in [6.07, 6.45) is 2.85. The first kappa shape index (κ1) is 19.1. The Bertz CT molecular complexity index is 795. The van der Waals surface area contributed by atoms with E-state index in [0.717, 1.165) is 19.3 Å². The van der Waals surface area contributed by atoms with Crippen LogP contribution in [0.2, 0.25) is 0 Å². The Balaban J connectivity index is 1.75. The van der Waals surface area contributed by atoms with E-state index in [1.807, 2.05) is 6.07 Å². The molecule has 1 saturated carbocycles. The van der Waals surface area contributed by atoms with E-state index in [1.165, 1.54) is 12.1 Å². The van der Waals surface area contributed by atoms with E-state index >= 15 is 0 Å². The van der Waals surface area contributed by atoms with Gasteiger partial charge in [0.05, 0.1) is 12.2 Å². The Morgan fingerprint density at radius 1 is 1.19 bits per heavy atom. The molecule has 1 aliphatic carbocycles. The maximum absolute atomic E-state index is 14.4. The van der Waals surface area contributed by atoms with Gasteiger partial charge >= 0.3 is 5.97 Å². The molecule has 3 rings (SSSR count). The predicted molar refractivity (Wildman–Crippen MR) is 97.0 cm³/mol. The summed E-state index contributed by atoms with van der Waals surface area (Å²) in [4.78, 5) is 10.6. The number of aliphatic carboxylic acids is 1. The number of halogens is 2. The van der Waals surface area contributed by atoms with Gasteiger partial charge in [-0.25, -0.2) is 8.78 Å². The van der Waals surface area contributed by atoms with Gasteiger partial charge in [0.25, 0.3) is 0 Å². The van der Waals surface area contributed by atoms with Crippen molar-refractivity contribution in [2.75, 3.05) is 0 Å². The van der Waals surface area contributed by atoms with Gasteiger partial charge in [0.1, 0.15) is 5.75 Å². The van der Waals surface area contributed by atoms with E-state index in [2.05, 4.69) is 0 Å². The molecule has 0 radical (unpaired) electrons. The summed E-state index contributed by atoms with van der Waals surface area (Å²) in [5, 5.41) is 8.68. The van der Waals surface area contributed by atoms with Gasteiger partial charge < -0.3 is 14.6 Å². The quantitative estimate of drug-likeness (QED) is 0.688. The Morgan fingerprint density at radius 3 is 2.48 bits per heavy atom. The molecule has 0 aromatic heterocycles. The maximum atomic E-state index is 14.4. The number of benzene rings is 2. The lowest BCUT2D eigenvalue weighted by Crippen LogP contribution is -2.24. The van der Waals surface area contributed by atoms with Gasteiger partial charge in [-0.1, -0.05) is 12.1 Å². The highest BCUT2D eigenvalue weighted by atomic mass is 19.1. The lowest BCUT2D eigenvalue weighted by Gasteiger charge is -2.26. The van der Waals surface area contributed by atoms with E-state index in [-0.39, 0.29) is 18.9 Å². The van der Waals surface area contributed by atoms with Gasteiger partial charge in [-0.05, 0) is 68.0 Å². The van der Waals surface area contributed by atoms with Crippen LogP contribution in [-0.2, 0) is 4.79 Å². The molecule has 6 heteroatoms. The summed E-state index contributed by atoms with van der Waals surface area (Å²) in [6.45, 7) is 1.58. The summed E-state index contributed by atoms with van der Waals surface area (Å²) >= 11 is 0. The normalized spacial score (nSPS) is 15.1. The molecule has 1 fully saturated rings. The fourth-order valence-corrected chi connectivity index (χ4v) is 2.86. The van der Waals surface area contributed by atoms with Crippen molar-refractivity contribution in [3.05, 3.63) is 48.0 Å². The average Bonchev–Trinajstić information content (AvgIpc) is 2.59. The average molecular weight is 376 g/mol. The van der Waals surface area contributed by atoms with E-state index in [4.69, 9.17) is 14.6 Å². The van der Waals surface area contributed by atoms with Gasteiger partial charge in [0.2, 0.25) is 0 Å². The molecule has 0 amide bonds. The molecule has 0 heterocycles. The van der Waals surface area contributed by atoms with Crippen LogP contribution in [0.4, 0.5) is 8.78 Å². The second kappa shape index (κ2) is 8.37. The fraction of sp³-hybridized carbons (Fsp3) is 0.381. The van der Waals surface area contributed by atoms with Crippen molar-refractivity contribution >= 4 is 5.97 Å². The van der Waals surface area contributed by atoms with E-state index in [1.54, 1.807) is 25.1 Å². The first-order chi connectivity index (χ1) is 12.9. The van der Waals surface area contributed by atoms with Crippen LogP contribution < -0.4 is 9.47 Å². The number of carbonyl (C=O) groups is 1. The molecule has 4 nitrogen and oxygen atoms in total. The first-order valence-electron chi connectivity index (χ1n) is 9.07. The van der Waals surface area contributed by atoms with Crippen molar-refractivity contribution in [3.63, 3.8) is 0 Å². The molecule has 1 atom stereocenters. The fourth-order valence-electron chi connectivity index (χ4n) is 2.86. The van der Waals surface area contributed by atoms with Crippen LogP contribution in [0.5, 0.6) is 11.5 Å². The Morgan fingerprint density at radius 2 is 1.89 bits per heavy atom. The zero-order valence-corrected chi connectivity index (χ0v) is 15.1. The summed E-state index contributed by atoms with van der Waals surface area (Å²) in [5.74, 6) is -2.43. The maximum Gasteiger partial charge on any atom is 0.303 e. The van der Waals surface area contributed by atoms with Gasteiger partial charge in [-0.3, -0.25) is 4.79 Å². The highest BCUT2D eigenvalue weighted by Gasteiger charge is 2.20. The standard InChI is InChI=1S/C21H22F2O4/c1-13(8-9-20(24)25)26-21-18(22)11-15(12-19(21)23)14-4-2-7-17(10-14)27-16-5-3-6-16/h2,4,7,10-13,16H,3,5-6,8-9H2,1H3,(H,24,25). The van der Waals surface area contributed by atoms with E-state index in [9.17, 15) is 13.6 Å². The molecule has 27 heavy (non-hydrogen) atoms. The highest BCUT2D eigenvalue weighted by Crippen LogP contribution is 2.32. The van der Waals surface area contributed by atoms with Crippen LogP contribution >= 0.6 is 0 Å². The van der Waals surface area contributed by atoms with Crippen molar-refractivity contribution in [3.8, 4) is 22.6 Å². The number of ether oxygens (including phenoxy) is 2. The predicted octanol–water partition coefficient (Wildman–Crippen LogP) is 5.20. The van der Waals surface area contributed by atoms with Crippen LogP contribution in [0, 0.1) is 11.6 Å². The lowest BCUT2D eigenvalue weighted by molar-refractivity contribution is -0.137. The van der Waals surface area contributed by atoms with Gasteiger partial charge in [0, 0.05) is 6.42 Å². The molecule has 2 aromatic rings. The largest absolute Gasteiger partial charge is 0.490 e. The van der Waals surface area contributed by atoms with Crippen LogP contribution in [0.25, 0.3) is 11.1 Å². The third-order valence-electron chi connectivity index (χ3n) is 4.60. The molecule has 2 aromatic carbocycles. The van der Waals surface area contributed by atoms with Crippen molar-refractivity contribution in [1.29, 1.82) is 0 Å². The number of carboxylic acids is 1. The van der Waals surface area contributed by atoms with E-state index < -0.39 is 29.5 Å². The van der Waals surface area contributed by atoms with Crippen molar-refractivity contribution in [2.45, 2.75) is 51.2 Å². The Labute approximate surface area is 156 Å². The molecule has 0 spiro atoms. The number of carboxylic acid groups (broad SMARTS) is 1. The monoisotopic (exact) mass is 376 g/mol. The third-order valence-corrected chi connectivity index (χ3v) is 4.60. The zero-order valence-electron chi connectivity index (χ0n) is 15.1. The van der Waals surface area contributed by atoms with E-state index in [0.29, 0.717) is 16.9 Å². The van der Waals surface area contributed by atoms with Crippen LogP contribution in [-0.4, -0.2) is 23.3 Å². The summed E-state index contributed by atoms with van der Waals surface area (Å²) in [6, 6.07) is 9.57. The van der Waals surface area contributed by atoms with Gasteiger partial charge in [-0.15, -0.1) is 0 Å². The molecule has 1 unspecified atom stereocenters. The molecule has 1 aliphatic rings. The van der Waals surface area contributed by atoms with Gasteiger partial charge in [-0.2, -0.15) is 0 Å². The highest BCUT2D eigenvalue weighted by molar-refractivity contribution is 5.67. The number of hydrogen-bond acceptors (Lipinski definition) is 3. The zero-order chi connectivity index (χ0) is 19.4. The minimum absolute atomic E-state index is 0.129. The minimum Gasteiger partial charge on any atom is -0.490 e. The minimum atomic E-state index is -0.981. The third kappa shape index (κ3) is 4.96. The topological polar surface area (TPSA) is 55.8 Å². The molecule has 144 valence electrons. The number of rotatable bonds is 8.